The topological polar surface area (TPSA) is 49.8 Å². The van der Waals surface area contributed by atoms with Gasteiger partial charge in [0.25, 0.3) is 0 Å². The second-order valence-corrected chi connectivity index (χ2v) is 2.70. The molecule has 0 aromatic carbocycles. The molecule has 0 radical (unpaired) electrons. The molecule has 0 heterocycles. The molecule has 0 saturated heterocycles. The van der Waals surface area contributed by atoms with Gasteiger partial charge in [-0.25, -0.2) is 0 Å². The van der Waals surface area contributed by atoms with Crippen LogP contribution in [0.4, 0.5) is 0 Å². The highest BCUT2D eigenvalue weighted by Gasteiger charge is 1.97. The summed E-state index contributed by atoms with van der Waals surface area (Å²) < 4.78 is 0. The third kappa shape index (κ3) is 2.37. The van der Waals surface area contributed by atoms with Crippen molar-refractivity contribution >= 4 is 0 Å². The molecule has 2 nitrogen and oxygen atoms in total. The SMILES string of the molecule is N#CC1=CC=C(CCN)CC=C1. The largest absolute Gasteiger partial charge is 0.330 e. The third-order valence-electron chi connectivity index (χ3n) is 1.77. The molecule has 1 aliphatic rings. The molecule has 12 heavy (non-hydrogen) atoms. The van der Waals surface area contributed by atoms with Gasteiger partial charge in [-0.1, -0.05) is 17.7 Å². The van der Waals surface area contributed by atoms with Crippen LogP contribution in [0.25, 0.3) is 0 Å². The Hall–Kier alpha value is -1.33. The first-order valence-corrected chi connectivity index (χ1v) is 4.03. The molecule has 0 fully saturated rings. The Morgan fingerprint density at radius 2 is 2.33 bits per heavy atom. The molecule has 0 bridgehead atoms. The van der Waals surface area contributed by atoms with E-state index in [9.17, 15) is 0 Å². The van der Waals surface area contributed by atoms with E-state index < -0.39 is 0 Å². The van der Waals surface area contributed by atoms with Gasteiger partial charge in [0.2, 0.25) is 0 Å². The van der Waals surface area contributed by atoms with Gasteiger partial charge >= 0.3 is 0 Å². The van der Waals surface area contributed by atoms with Crippen molar-refractivity contribution in [2.45, 2.75) is 12.8 Å². The Kier molecular flexibility index (Phi) is 3.31. The molecule has 0 saturated carbocycles. The maximum absolute atomic E-state index is 8.61. The average molecular weight is 160 g/mol. The van der Waals surface area contributed by atoms with Crippen LogP contribution >= 0.6 is 0 Å². The fraction of sp³-hybridized carbons (Fsp3) is 0.300. The number of nitrogens with two attached hydrogens (primary N) is 1. The molecule has 0 aromatic rings. The monoisotopic (exact) mass is 160 g/mol. The van der Waals surface area contributed by atoms with Gasteiger partial charge in [-0.2, -0.15) is 5.26 Å². The number of nitrogens with zero attached hydrogens (tertiary/aromatic N) is 1. The average Bonchev–Trinajstić information content (AvgIpc) is 2.31. The van der Waals surface area contributed by atoms with Crippen molar-refractivity contribution in [3.05, 3.63) is 35.5 Å². The summed E-state index contributed by atoms with van der Waals surface area (Å²) in [6.07, 6.45) is 9.52. The van der Waals surface area contributed by atoms with E-state index in [1.807, 2.05) is 24.3 Å². The van der Waals surface area contributed by atoms with Crippen LogP contribution in [0.2, 0.25) is 0 Å². The number of allylic oxidation sites excluding steroid dienone is 5. The normalized spacial score (nSPS) is 16.0. The van der Waals surface area contributed by atoms with Crippen LogP contribution in [0.1, 0.15) is 12.8 Å². The molecule has 0 aliphatic heterocycles. The van der Waals surface area contributed by atoms with Gasteiger partial charge in [-0.15, -0.1) is 0 Å². The van der Waals surface area contributed by atoms with Crippen LogP contribution in [0.15, 0.2) is 35.5 Å². The minimum Gasteiger partial charge on any atom is -0.330 e. The molecule has 1 rings (SSSR count). The minimum atomic E-state index is 0.676. The first kappa shape index (κ1) is 8.76. The van der Waals surface area contributed by atoms with E-state index in [0.717, 1.165) is 12.8 Å². The minimum absolute atomic E-state index is 0.676. The van der Waals surface area contributed by atoms with Crippen LogP contribution < -0.4 is 5.73 Å². The number of rotatable bonds is 2. The molecule has 0 unspecified atom stereocenters. The molecule has 0 aromatic heterocycles. The number of nitriles is 1. The maximum atomic E-state index is 8.61. The standard InChI is InChI=1S/C10H12N2/c11-7-6-9-2-1-3-10(8-12)5-4-9/h1,3-5H,2,6-7,11H2. The predicted octanol–water partition coefficient (Wildman–Crippen LogP) is 1.67. The molecule has 2 N–H and O–H groups in total. The van der Waals surface area contributed by atoms with Gasteiger partial charge in [-0.05, 0) is 31.5 Å². The summed E-state index contributed by atoms with van der Waals surface area (Å²) >= 11 is 0. The summed E-state index contributed by atoms with van der Waals surface area (Å²) in [5, 5.41) is 8.61. The Balaban J connectivity index is 2.72. The summed E-state index contributed by atoms with van der Waals surface area (Å²) in [6.45, 7) is 0.676. The van der Waals surface area contributed by atoms with Crippen LogP contribution in [0.5, 0.6) is 0 Å². The Bertz CT molecular complexity index is 277. The van der Waals surface area contributed by atoms with E-state index >= 15 is 0 Å². The summed E-state index contributed by atoms with van der Waals surface area (Å²) in [7, 11) is 0. The van der Waals surface area contributed by atoms with Crippen molar-refractivity contribution in [1.29, 1.82) is 5.26 Å². The molecule has 0 spiro atoms. The maximum Gasteiger partial charge on any atom is 0.0991 e. The highest BCUT2D eigenvalue weighted by Crippen LogP contribution is 2.12. The zero-order valence-corrected chi connectivity index (χ0v) is 6.96. The van der Waals surface area contributed by atoms with Crippen molar-refractivity contribution in [3.8, 4) is 6.07 Å². The summed E-state index contributed by atoms with van der Waals surface area (Å²) in [5.74, 6) is 0. The third-order valence-corrected chi connectivity index (χ3v) is 1.77. The zero-order chi connectivity index (χ0) is 8.81. The molecule has 0 atom stereocenters. The highest BCUT2D eigenvalue weighted by molar-refractivity contribution is 5.39. The van der Waals surface area contributed by atoms with Crippen molar-refractivity contribution < 1.29 is 0 Å². The van der Waals surface area contributed by atoms with Gasteiger partial charge in [0.1, 0.15) is 0 Å². The van der Waals surface area contributed by atoms with E-state index in [4.69, 9.17) is 11.0 Å². The van der Waals surface area contributed by atoms with Crippen molar-refractivity contribution in [3.63, 3.8) is 0 Å². The molecule has 0 amide bonds. The molecule has 2 heteroatoms. The lowest BCUT2D eigenvalue weighted by Crippen LogP contribution is -1.99. The van der Waals surface area contributed by atoms with Crippen LogP contribution in [-0.2, 0) is 0 Å². The smallest absolute Gasteiger partial charge is 0.0991 e. The lowest BCUT2D eigenvalue weighted by Gasteiger charge is -1.98. The summed E-state index contributed by atoms with van der Waals surface area (Å²) in [4.78, 5) is 0. The van der Waals surface area contributed by atoms with E-state index in [1.54, 1.807) is 0 Å². The van der Waals surface area contributed by atoms with E-state index in [0.29, 0.717) is 12.1 Å². The Morgan fingerprint density at radius 1 is 1.50 bits per heavy atom. The Morgan fingerprint density at radius 3 is 3.00 bits per heavy atom. The number of hydrogen-bond acceptors (Lipinski definition) is 2. The van der Waals surface area contributed by atoms with Gasteiger partial charge < -0.3 is 5.73 Å². The second kappa shape index (κ2) is 4.53. The van der Waals surface area contributed by atoms with Gasteiger partial charge in [-0.3, -0.25) is 0 Å². The fourth-order valence-corrected chi connectivity index (χ4v) is 1.11. The van der Waals surface area contributed by atoms with Crippen LogP contribution in [0, 0.1) is 11.3 Å². The second-order valence-electron chi connectivity index (χ2n) is 2.70. The molecule has 62 valence electrons. The zero-order valence-electron chi connectivity index (χ0n) is 6.96. The van der Waals surface area contributed by atoms with Crippen LogP contribution in [-0.4, -0.2) is 6.54 Å². The molecular formula is C10H12N2. The van der Waals surface area contributed by atoms with Crippen molar-refractivity contribution in [2.75, 3.05) is 6.54 Å². The lowest BCUT2D eigenvalue weighted by molar-refractivity contribution is 0.921. The van der Waals surface area contributed by atoms with E-state index in [2.05, 4.69) is 6.07 Å². The molecular weight excluding hydrogens is 148 g/mol. The summed E-state index contributed by atoms with van der Waals surface area (Å²) in [5.41, 5.74) is 7.43. The highest BCUT2D eigenvalue weighted by atomic mass is 14.5. The summed E-state index contributed by atoms with van der Waals surface area (Å²) in [6, 6.07) is 2.11. The quantitative estimate of drug-likeness (QED) is 0.668. The lowest BCUT2D eigenvalue weighted by atomic mass is 10.1. The number of hydrogen-bond donors (Lipinski definition) is 1. The van der Waals surface area contributed by atoms with Gasteiger partial charge in [0.15, 0.2) is 0 Å². The first-order valence-electron chi connectivity index (χ1n) is 4.03. The first-order chi connectivity index (χ1) is 5.86. The van der Waals surface area contributed by atoms with Gasteiger partial charge in [0.05, 0.1) is 11.6 Å². The predicted molar refractivity (Wildman–Crippen MR) is 49.2 cm³/mol. The van der Waals surface area contributed by atoms with Crippen molar-refractivity contribution in [1.82, 2.24) is 0 Å². The molecule has 1 aliphatic carbocycles. The van der Waals surface area contributed by atoms with Gasteiger partial charge in [0, 0.05) is 0 Å². The van der Waals surface area contributed by atoms with Crippen molar-refractivity contribution in [2.24, 2.45) is 5.73 Å². The van der Waals surface area contributed by atoms with E-state index in [1.165, 1.54) is 5.57 Å². The fourth-order valence-electron chi connectivity index (χ4n) is 1.11. The van der Waals surface area contributed by atoms with Crippen LogP contribution in [0.3, 0.4) is 0 Å². The Labute approximate surface area is 72.7 Å². The van der Waals surface area contributed by atoms with E-state index in [-0.39, 0.29) is 0 Å².